The van der Waals surface area contributed by atoms with Crippen molar-refractivity contribution in [1.29, 1.82) is 0 Å². The molecule has 0 aliphatic heterocycles. The van der Waals surface area contributed by atoms with Crippen LogP contribution in [0.25, 0.3) is 11.0 Å². The molecule has 6 nitrogen and oxygen atoms in total. The monoisotopic (exact) mass is 405 g/mol. The first-order valence-electron chi connectivity index (χ1n) is 9.18. The molecule has 0 saturated heterocycles. The number of carbonyl (C=O) groups excluding carboxylic acids is 1. The van der Waals surface area contributed by atoms with Crippen LogP contribution in [-0.2, 0) is 0 Å². The molecule has 2 heterocycles. The molecule has 4 rings (SSSR count). The Labute approximate surface area is 173 Å². The summed E-state index contributed by atoms with van der Waals surface area (Å²) in [5.74, 6) is 0.859. The number of amides is 1. The number of hydrogen-bond acceptors (Lipinski definition) is 4. The highest BCUT2D eigenvalue weighted by Gasteiger charge is 2.12. The van der Waals surface area contributed by atoms with Gasteiger partial charge in [0.05, 0.1) is 21.7 Å². The number of aromatic amines is 1. The Morgan fingerprint density at radius 3 is 2.59 bits per heavy atom. The third-order valence-electron chi connectivity index (χ3n) is 4.80. The maximum Gasteiger partial charge on any atom is 0.256 e. The molecule has 0 fully saturated rings. The van der Waals surface area contributed by atoms with Crippen molar-refractivity contribution in [2.75, 3.05) is 10.6 Å². The minimum absolute atomic E-state index is 0.228. The van der Waals surface area contributed by atoms with Gasteiger partial charge in [-0.2, -0.15) is 0 Å². The van der Waals surface area contributed by atoms with Crippen molar-refractivity contribution in [3.63, 3.8) is 0 Å². The molecule has 0 atom stereocenters. The zero-order chi connectivity index (χ0) is 20.5. The number of H-pyrrole nitrogens is 1. The summed E-state index contributed by atoms with van der Waals surface area (Å²) in [4.78, 5) is 24.7. The van der Waals surface area contributed by atoms with Crippen LogP contribution in [0.15, 0.2) is 48.5 Å². The SMILES string of the molecule is Cc1ccc(NC(=O)c2ccc3nc(Nc4c(C)cccc4Cl)[nH]c3c2)nc1C. The number of benzene rings is 2. The molecule has 7 heteroatoms. The summed E-state index contributed by atoms with van der Waals surface area (Å²) in [5.41, 5.74) is 5.79. The summed E-state index contributed by atoms with van der Waals surface area (Å²) in [6, 6.07) is 14.7. The Morgan fingerprint density at radius 1 is 1.00 bits per heavy atom. The molecule has 0 aliphatic rings. The number of pyridine rings is 1. The van der Waals surface area contributed by atoms with Gasteiger partial charge in [-0.05, 0) is 62.2 Å². The van der Waals surface area contributed by atoms with Gasteiger partial charge < -0.3 is 15.6 Å². The molecule has 146 valence electrons. The minimum Gasteiger partial charge on any atom is -0.324 e. The first kappa shape index (κ1) is 19.0. The van der Waals surface area contributed by atoms with Crippen molar-refractivity contribution in [2.24, 2.45) is 0 Å². The highest BCUT2D eigenvalue weighted by molar-refractivity contribution is 6.33. The molecule has 1 amide bonds. The lowest BCUT2D eigenvalue weighted by molar-refractivity contribution is 0.102. The Balaban J connectivity index is 1.58. The lowest BCUT2D eigenvalue weighted by Crippen LogP contribution is -2.13. The van der Waals surface area contributed by atoms with Crippen LogP contribution in [0.4, 0.5) is 17.5 Å². The molecule has 0 saturated carbocycles. The molecular formula is C22H20ClN5O. The van der Waals surface area contributed by atoms with Crippen LogP contribution in [0.2, 0.25) is 5.02 Å². The van der Waals surface area contributed by atoms with E-state index in [1.165, 1.54) is 0 Å². The third-order valence-corrected chi connectivity index (χ3v) is 5.12. The first-order chi connectivity index (χ1) is 13.9. The van der Waals surface area contributed by atoms with Crippen molar-refractivity contribution < 1.29 is 4.79 Å². The third kappa shape index (κ3) is 3.93. The number of halogens is 1. The number of hydrogen-bond donors (Lipinski definition) is 3. The quantitative estimate of drug-likeness (QED) is 0.416. The summed E-state index contributed by atoms with van der Waals surface area (Å²) in [6.07, 6.45) is 0. The van der Waals surface area contributed by atoms with Crippen molar-refractivity contribution in [3.8, 4) is 0 Å². The Hall–Kier alpha value is -3.38. The molecule has 0 bridgehead atoms. The smallest absolute Gasteiger partial charge is 0.256 e. The Bertz CT molecular complexity index is 1210. The van der Waals surface area contributed by atoms with Crippen LogP contribution in [0, 0.1) is 20.8 Å². The molecule has 0 radical (unpaired) electrons. The minimum atomic E-state index is -0.228. The van der Waals surface area contributed by atoms with Gasteiger partial charge in [-0.3, -0.25) is 4.79 Å². The number of aromatic nitrogens is 3. The van der Waals surface area contributed by atoms with Gasteiger partial charge in [0.15, 0.2) is 0 Å². The average Bonchev–Trinajstić information content (AvgIpc) is 3.09. The molecular weight excluding hydrogens is 386 g/mol. The predicted molar refractivity (Wildman–Crippen MR) is 117 cm³/mol. The molecule has 2 aromatic carbocycles. The summed E-state index contributed by atoms with van der Waals surface area (Å²) in [7, 11) is 0. The Morgan fingerprint density at radius 2 is 1.83 bits per heavy atom. The van der Waals surface area contributed by atoms with Crippen LogP contribution >= 0.6 is 11.6 Å². The van der Waals surface area contributed by atoms with Crippen LogP contribution in [0.3, 0.4) is 0 Å². The van der Waals surface area contributed by atoms with E-state index in [1.54, 1.807) is 24.3 Å². The van der Waals surface area contributed by atoms with E-state index in [4.69, 9.17) is 11.6 Å². The van der Waals surface area contributed by atoms with E-state index in [1.807, 2.05) is 45.0 Å². The predicted octanol–water partition coefficient (Wildman–Crippen LogP) is 5.53. The zero-order valence-corrected chi connectivity index (χ0v) is 17.1. The van der Waals surface area contributed by atoms with Crippen LogP contribution in [0.1, 0.15) is 27.2 Å². The number of fused-ring (bicyclic) bond motifs is 1. The number of rotatable bonds is 4. The largest absolute Gasteiger partial charge is 0.324 e. The Kier molecular flexibility index (Phi) is 4.94. The van der Waals surface area contributed by atoms with Gasteiger partial charge in [0.2, 0.25) is 5.95 Å². The number of nitrogens with one attached hydrogen (secondary N) is 3. The maximum absolute atomic E-state index is 12.6. The van der Waals surface area contributed by atoms with E-state index in [9.17, 15) is 4.79 Å². The standard InChI is InChI=1S/C22H20ClN5O/c1-12-7-10-19(24-14(12)3)27-21(29)15-8-9-17-18(11-15)26-22(25-17)28-20-13(2)5-4-6-16(20)23/h4-11H,1-3H3,(H,24,27,29)(H2,25,26,28). The van der Waals surface area contributed by atoms with Gasteiger partial charge in [0.25, 0.3) is 5.91 Å². The maximum atomic E-state index is 12.6. The average molecular weight is 406 g/mol. The summed E-state index contributed by atoms with van der Waals surface area (Å²) in [5, 5.41) is 6.67. The van der Waals surface area contributed by atoms with Crippen LogP contribution < -0.4 is 10.6 Å². The van der Waals surface area contributed by atoms with Gasteiger partial charge in [0.1, 0.15) is 5.82 Å². The second kappa shape index (κ2) is 7.56. The zero-order valence-electron chi connectivity index (χ0n) is 16.3. The second-order valence-corrected chi connectivity index (χ2v) is 7.33. The van der Waals surface area contributed by atoms with E-state index in [0.717, 1.165) is 33.5 Å². The lowest BCUT2D eigenvalue weighted by atomic mass is 10.2. The number of nitrogens with zero attached hydrogens (tertiary/aromatic N) is 2. The second-order valence-electron chi connectivity index (χ2n) is 6.93. The number of anilines is 3. The molecule has 3 N–H and O–H groups in total. The van der Waals surface area contributed by atoms with Gasteiger partial charge in [-0.15, -0.1) is 0 Å². The highest BCUT2D eigenvalue weighted by atomic mass is 35.5. The van der Waals surface area contributed by atoms with E-state index in [-0.39, 0.29) is 5.91 Å². The number of aryl methyl sites for hydroxylation is 3. The first-order valence-corrected chi connectivity index (χ1v) is 9.56. The number of para-hydroxylation sites is 1. The lowest BCUT2D eigenvalue weighted by Gasteiger charge is -2.08. The van der Waals surface area contributed by atoms with E-state index >= 15 is 0 Å². The summed E-state index contributed by atoms with van der Waals surface area (Å²) < 4.78 is 0. The van der Waals surface area contributed by atoms with E-state index in [2.05, 4.69) is 25.6 Å². The fourth-order valence-corrected chi connectivity index (χ4v) is 3.28. The van der Waals surface area contributed by atoms with Crippen molar-refractivity contribution in [1.82, 2.24) is 15.0 Å². The van der Waals surface area contributed by atoms with Crippen LogP contribution in [-0.4, -0.2) is 20.9 Å². The van der Waals surface area contributed by atoms with Gasteiger partial charge in [-0.1, -0.05) is 29.8 Å². The van der Waals surface area contributed by atoms with Gasteiger partial charge in [-0.25, -0.2) is 9.97 Å². The molecule has 0 aliphatic carbocycles. The normalized spacial score (nSPS) is 10.9. The molecule has 29 heavy (non-hydrogen) atoms. The summed E-state index contributed by atoms with van der Waals surface area (Å²) >= 11 is 6.28. The van der Waals surface area contributed by atoms with E-state index < -0.39 is 0 Å². The number of carbonyl (C=O) groups is 1. The van der Waals surface area contributed by atoms with Crippen molar-refractivity contribution in [3.05, 3.63) is 75.9 Å². The topological polar surface area (TPSA) is 82.7 Å². The summed E-state index contributed by atoms with van der Waals surface area (Å²) in [6.45, 7) is 5.87. The molecule has 0 unspecified atom stereocenters. The van der Waals surface area contributed by atoms with E-state index in [0.29, 0.717) is 22.4 Å². The highest BCUT2D eigenvalue weighted by Crippen LogP contribution is 2.28. The van der Waals surface area contributed by atoms with Crippen molar-refractivity contribution >= 4 is 46.0 Å². The molecule has 0 spiro atoms. The fraction of sp³-hybridized carbons (Fsp3) is 0.136. The number of imidazole rings is 1. The molecule has 4 aromatic rings. The fourth-order valence-electron chi connectivity index (χ4n) is 3.01. The van der Waals surface area contributed by atoms with Crippen molar-refractivity contribution in [2.45, 2.75) is 20.8 Å². The van der Waals surface area contributed by atoms with Crippen LogP contribution in [0.5, 0.6) is 0 Å². The van der Waals surface area contributed by atoms with Gasteiger partial charge >= 0.3 is 0 Å². The molecule has 2 aromatic heterocycles. The van der Waals surface area contributed by atoms with Gasteiger partial charge in [0, 0.05) is 11.3 Å².